The molecule has 23 heavy (non-hydrogen) atoms. The number of hydrogen-bond donors (Lipinski definition) is 2. The molecule has 1 aliphatic heterocycles. The highest BCUT2D eigenvalue weighted by Gasteiger charge is 2.22. The lowest BCUT2D eigenvalue weighted by atomic mass is 9.85. The fourth-order valence-corrected chi connectivity index (χ4v) is 2.94. The van der Waals surface area contributed by atoms with E-state index in [4.69, 9.17) is 4.74 Å². The van der Waals surface area contributed by atoms with E-state index in [1.54, 1.807) is 0 Å². The molecule has 1 aliphatic rings. The van der Waals surface area contributed by atoms with Crippen LogP contribution in [0.25, 0.3) is 0 Å². The molecule has 4 nitrogen and oxygen atoms in total. The molecule has 0 radical (unpaired) electrons. The molecule has 1 atom stereocenters. The molecule has 0 saturated carbocycles. The van der Waals surface area contributed by atoms with E-state index in [1.165, 1.54) is 0 Å². The van der Waals surface area contributed by atoms with Crippen LogP contribution in [0.3, 0.4) is 0 Å². The number of amides is 1. The second-order valence-electron chi connectivity index (χ2n) is 7.56. The summed E-state index contributed by atoms with van der Waals surface area (Å²) in [5.74, 6) is -0.0263. The SMILES string of the molecule is CC(C)(C)CC(NC(=O)COC1CCNCC1)c1ccccc1. The van der Waals surface area contributed by atoms with Crippen LogP contribution in [0.4, 0.5) is 0 Å². The molecule has 1 aromatic carbocycles. The molecule has 0 aliphatic carbocycles. The van der Waals surface area contributed by atoms with E-state index < -0.39 is 0 Å². The largest absolute Gasteiger partial charge is 0.368 e. The molecular weight excluding hydrogens is 288 g/mol. The predicted molar refractivity (Wildman–Crippen MR) is 93.2 cm³/mol. The van der Waals surface area contributed by atoms with Gasteiger partial charge in [0, 0.05) is 0 Å². The van der Waals surface area contributed by atoms with Crippen molar-refractivity contribution >= 4 is 5.91 Å². The minimum Gasteiger partial charge on any atom is -0.368 e. The van der Waals surface area contributed by atoms with Gasteiger partial charge in [-0.2, -0.15) is 0 Å². The summed E-state index contributed by atoms with van der Waals surface area (Å²) in [6.45, 7) is 8.69. The second-order valence-corrected chi connectivity index (χ2v) is 7.56. The Hall–Kier alpha value is -1.39. The Balaban J connectivity index is 1.89. The van der Waals surface area contributed by atoms with E-state index in [9.17, 15) is 4.79 Å². The van der Waals surface area contributed by atoms with E-state index in [1.807, 2.05) is 18.2 Å². The maximum Gasteiger partial charge on any atom is 0.246 e. The standard InChI is InChI=1S/C19H30N2O2/c1-19(2,3)13-17(15-7-5-4-6-8-15)21-18(22)14-23-16-9-11-20-12-10-16/h4-8,16-17,20H,9-14H2,1-3H3,(H,21,22). The van der Waals surface area contributed by atoms with Crippen molar-refractivity contribution in [3.05, 3.63) is 35.9 Å². The van der Waals surface area contributed by atoms with Gasteiger partial charge >= 0.3 is 0 Å². The van der Waals surface area contributed by atoms with E-state index in [-0.39, 0.29) is 30.1 Å². The zero-order valence-corrected chi connectivity index (χ0v) is 14.6. The maximum atomic E-state index is 12.3. The van der Waals surface area contributed by atoms with Crippen LogP contribution in [-0.2, 0) is 9.53 Å². The van der Waals surface area contributed by atoms with Crippen molar-refractivity contribution in [1.82, 2.24) is 10.6 Å². The van der Waals surface area contributed by atoms with Crippen LogP contribution in [0.15, 0.2) is 30.3 Å². The van der Waals surface area contributed by atoms with Crippen molar-refractivity contribution in [3.8, 4) is 0 Å². The van der Waals surface area contributed by atoms with Gasteiger partial charge in [-0.25, -0.2) is 0 Å². The van der Waals surface area contributed by atoms with Gasteiger partial charge in [0.2, 0.25) is 5.91 Å². The van der Waals surface area contributed by atoms with E-state index in [0.29, 0.717) is 0 Å². The number of hydrogen-bond acceptors (Lipinski definition) is 3. The summed E-state index contributed by atoms with van der Waals surface area (Å²) in [7, 11) is 0. The topological polar surface area (TPSA) is 50.4 Å². The number of rotatable bonds is 6. The Kier molecular flexibility index (Phi) is 6.60. The van der Waals surface area contributed by atoms with Crippen LogP contribution >= 0.6 is 0 Å². The van der Waals surface area contributed by atoms with Gasteiger partial charge in [0.15, 0.2) is 0 Å². The molecule has 2 N–H and O–H groups in total. The summed E-state index contributed by atoms with van der Waals surface area (Å²) >= 11 is 0. The van der Waals surface area contributed by atoms with E-state index in [2.05, 4.69) is 43.5 Å². The first-order chi connectivity index (χ1) is 10.9. The smallest absolute Gasteiger partial charge is 0.246 e. The lowest BCUT2D eigenvalue weighted by Gasteiger charge is -2.28. The van der Waals surface area contributed by atoms with Crippen LogP contribution in [0, 0.1) is 5.41 Å². The van der Waals surface area contributed by atoms with Crippen LogP contribution in [0.5, 0.6) is 0 Å². The molecule has 0 bridgehead atoms. The summed E-state index contributed by atoms with van der Waals surface area (Å²) < 4.78 is 5.76. The van der Waals surface area contributed by atoms with Crippen molar-refractivity contribution in [1.29, 1.82) is 0 Å². The predicted octanol–water partition coefficient (Wildman–Crippen LogP) is 3.05. The molecule has 0 aromatic heterocycles. The van der Waals surface area contributed by atoms with Crippen molar-refractivity contribution in [2.75, 3.05) is 19.7 Å². The van der Waals surface area contributed by atoms with Crippen LogP contribution < -0.4 is 10.6 Å². The van der Waals surface area contributed by atoms with Crippen molar-refractivity contribution in [3.63, 3.8) is 0 Å². The van der Waals surface area contributed by atoms with Gasteiger partial charge in [-0.15, -0.1) is 0 Å². The quantitative estimate of drug-likeness (QED) is 0.847. The Morgan fingerprint density at radius 2 is 1.91 bits per heavy atom. The molecule has 4 heteroatoms. The van der Waals surface area contributed by atoms with Gasteiger partial charge in [-0.1, -0.05) is 51.1 Å². The van der Waals surface area contributed by atoms with Crippen LogP contribution in [0.1, 0.15) is 51.6 Å². The first-order valence-corrected chi connectivity index (χ1v) is 8.61. The molecule has 128 valence electrons. The zero-order valence-electron chi connectivity index (χ0n) is 14.6. The van der Waals surface area contributed by atoms with Gasteiger partial charge in [0.1, 0.15) is 6.61 Å². The third-order valence-electron chi connectivity index (χ3n) is 4.09. The summed E-state index contributed by atoms with van der Waals surface area (Å²) in [6.07, 6.45) is 3.07. The lowest BCUT2D eigenvalue weighted by molar-refractivity contribution is -0.129. The Morgan fingerprint density at radius 3 is 2.52 bits per heavy atom. The molecule has 0 spiro atoms. The third kappa shape index (κ3) is 6.71. The van der Waals surface area contributed by atoms with Gasteiger partial charge in [0.25, 0.3) is 0 Å². The number of nitrogens with one attached hydrogen (secondary N) is 2. The summed E-state index contributed by atoms with van der Waals surface area (Å²) in [5, 5.41) is 6.45. The molecule has 1 aromatic rings. The van der Waals surface area contributed by atoms with Crippen LogP contribution in [-0.4, -0.2) is 31.7 Å². The number of ether oxygens (including phenoxy) is 1. The fraction of sp³-hybridized carbons (Fsp3) is 0.632. The minimum atomic E-state index is -0.0263. The molecule has 1 heterocycles. The maximum absolute atomic E-state index is 12.3. The highest BCUT2D eigenvalue weighted by atomic mass is 16.5. The van der Waals surface area contributed by atoms with Gasteiger partial charge in [-0.05, 0) is 43.3 Å². The monoisotopic (exact) mass is 318 g/mol. The van der Waals surface area contributed by atoms with Crippen molar-refractivity contribution < 1.29 is 9.53 Å². The molecule has 1 fully saturated rings. The van der Waals surface area contributed by atoms with Gasteiger partial charge < -0.3 is 15.4 Å². The van der Waals surface area contributed by atoms with Crippen LogP contribution in [0.2, 0.25) is 0 Å². The Morgan fingerprint density at radius 1 is 1.26 bits per heavy atom. The summed E-state index contributed by atoms with van der Waals surface area (Å²) in [6, 6.07) is 10.2. The number of carbonyl (C=O) groups is 1. The second kappa shape index (κ2) is 8.46. The molecule has 1 amide bonds. The molecule has 2 rings (SSSR count). The molecule has 1 saturated heterocycles. The molecular formula is C19H30N2O2. The first kappa shape index (κ1) is 18.0. The highest BCUT2D eigenvalue weighted by molar-refractivity contribution is 5.77. The highest BCUT2D eigenvalue weighted by Crippen LogP contribution is 2.29. The van der Waals surface area contributed by atoms with E-state index >= 15 is 0 Å². The minimum absolute atomic E-state index is 0.0263. The third-order valence-corrected chi connectivity index (χ3v) is 4.09. The van der Waals surface area contributed by atoms with Crippen molar-refractivity contribution in [2.24, 2.45) is 5.41 Å². The zero-order chi connectivity index (χ0) is 16.7. The lowest BCUT2D eigenvalue weighted by Crippen LogP contribution is -2.37. The average Bonchev–Trinajstić information content (AvgIpc) is 2.53. The Bertz CT molecular complexity index is 476. The number of piperidine rings is 1. The van der Waals surface area contributed by atoms with E-state index in [0.717, 1.165) is 37.9 Å². The molecule has 1 unspecified atom stereocenters. The van der Waals surface area contributed by atoms with Crippen molar-refractivity contribution in [2.45, 2.75) is 52.2 Å². The normalized spacial score (nSPS) is 17.7. The summed E-state index contributed by atoms with van der Waals surface area (Å²) in [4.78, 5) is 12.3. The number of carbonyl (C=O) groups excluding carboxylic acids is 1. The Labute approximate surface area is 140 Å². The average molecular weight is 318 g/mol. The first-order valence-electron chi connectivity index (χ1n) is 8.61. The van der Waals surface area contributed by atoms with Gasteiger partial charge in [-0.3, -0.25) is 4.79 Å². The summed E-state index contributed by atoms with van der Waals surface area (Å²) in [5.41, 5.74) is 1.29. The number of benzene rings is 1. The fourth-order valence-electron chi connectivity index (χ4n) is 2.94. The van der Waals surface area contributed by atoms with Gasteiger partial charge in [0.05, 0.1) is 12.1 Å².